The van der Waals surface area contributed by atoms with Gasteiger partial charge in [0, 0.05) is 18.0 Å². The summed E-state index contributed by atoms with van der Waals surface area (Å²) in [4.78, 5) is 4.81. The summed E-state index contributed by atoms with van der Waals surface area (Å²) in [5.41, 5.74) is 1.14. The highest BCUT2D eigenvalue weighted by molar-refractivity contribution is 7.09. The third kappa shape index (κ3) is 3.77. The van der Waals surface area contributed by atoms with Crippen molar-refractivity contribution < 1.29 is 4.74 Å². The SMILES string of the molecule is CCOC(c1nc(C(C)NC)cs1)C1CCCCC1. The fraction of sp³-hybridized carbons (Fsp3) is 0.800. The van der Waals surface area contributed by atoms with Gasteiger partial charge in [0.2, 0.25) is 0 Å². The summed E-state index contributed by atoms with van der Waals surface area (Å²) in [5, 5.41) is 6.59. The molecule has 1 N–H and O–H groups in total. The Kier molecular flexibility index (Phi) is 5.79. The van der Waals surface area contributed by atoms with Gasteiger partial charge in [-0.05, 0) is 39.7 Å². The second kappa shape index (κ2) is 7.36. The molecule has 2 unspecified atom stereocenters. The molecule has 19 heavy (non-hydrogen) atoms. The Hall–Kier alpha value is -0.450. The second-order valence-electron chi connectivity index (χ2n) is 5.40. The smallest absolute Gasteiger partial charge is 0.122 e. The van der Waals surface area contributed by atoms with Crippen LogP contribution < -0.4 is 5.32 Å². The van der Waals surface area contributed by atoms with Crippen molar-refractivity contribution >= 4 is 11.3 Å². The number of ether oxygens (including phenoxy) is 1. The molecule has 4 heteroatoms. The Morgan fingerprint density at radius 3 is 2.79 bits per heavy atom. The minimum absolute atomic E-state index is 0.216. The van der Waals surface area contributed by atoms with Gasteiger partial charge in [0.15, 0.2) is 0 Å². The third-order valence-electron chi connectivity index (χ3n) is 4.08. The second-order valence-corrected chi connectivity index (χ2v) is 6.28. The molecule has 108 valence electrons. The molecule has 0 aromatic carbocycles. The number of nitrogens with zero attached hydrogens (tertiary/aromatic N) is 1. The largest absolute Gasteiger partial charge is 0.371 e. The molecular formula is C15H26N2OS. The van der Waals surface area contributed by atoms with Crippen molar-refractivity contribution in [3.8, 4) is 0 Å². The molecule has 2 atom stereocenters. The average molecular weight is 282 g/mol. The van der Waals surface area contributed by atoms with Gasteiger partial charge in [-0.25, -0.2) is 4.98 Å². The standard InChI is InChI=1S/C15H26N2OS/c1-4-18-14(12-8-6-5-7-9-12)15-17-13(10-19-15)11(2)16-3/h10-12,14,16H,4-9H2,1-3H3. The lowest BCUT2D eigenvalue weighted by Gasteiger charge is -2.28. The van der Waals surface area contributed by atoms with Crippen LogP contribution >= 0.6 is 11.3 Å². The van der Waals surface area contributed by atoms with E-state index >= 15 is 0 Å². The summed E-state index contributed by atoms with van der Waals surface area (Å²) in [6, 6.07) is 0.318. The van der Waals surface area contributed by atoms with E-state index in [1.165, 1.54) is 37.1 Å². The number of aromatic nitrogens is 1. The molecule has 0 saturated heterocycles. The molecule has 1 heterocycles. The summed E-state index contributed by atoms with van der Waals surface area (Å²) in [7, 11) is 1.98. The van der Waals surface area contributed by atoms with Crippen LogP contribution in [0, 0.1) is 5.92 Å². The Morgan fingerprint density at radius 1 is 1.42 bits per heavy atom. The fourth-order valence-electron chi connectivity index (χ4n) is 2.80. The molecule has 1 saturated carbocycles. The first-order valence-electron chi connectivity index (χ1n) is 7.50. The summed E-state index contributed by atoms with van der Waals surface area (Å²) in [5.74, 6) is 0.664. The third-order valence-corrected chi connectivity index (χ3v) is 5.01. The maximum Gasteiger partial charge on any atom is 0.122 e. The van der Waals surface area contributed by atoms with Gasteiger partial charge >= 0.3 is 0 Å². The molecule has 0 amide bonds. The van der Waals surface area contributed by atoms with E-state index in [0.717, 1.165) is 12.3 Å². The first kappa shape index (κ1) is 14.9. The molecule has 1 fully saturated rings. The summed E-state index contributed by atoms with van der Waals surface area (Å²) in [6.07, 6.45) is 6.88. The van der Waals surface area contributed by atoms with Crippen molar-refractivity contribution in [2.45, 2.75) is 58.1 Å². The van der Waals surface area contributed by atoms with Crippen molar-refractivity contribution in [3.63, 3.8) is 0 Å². The van der Waals surface area contributed by atoms with Gasteiger partial charge in [-0.1, -0.05) is 19.3 Å². The number of rotatable bonds is 6. The van der Waals surface area contributed by atoms with Gasteiger partial charge in [-0.15, -0.1) is 11.3 Å². The van der Waals surface area contributed by atoms with E-state index in [1.807, 2.05) is 7.05 Å². The van der Waals surface area contributed by atoms with E-state index in [2.05, 4.69) is 24.5 Å². The molecule has 1 aromatic rings. The first-order chi connectivity index (χ1) is 9.26. The highest BCUT2D eigenvalue weighted by Gasteiger charge is 2.28. The summed E-state index contributed by atoms with van der Waals surface area (Å²) in [6.45, 7) is 5.01. The topological polar surface area (TPSA) is 34.1 Å². The van der Waals surface area contributed by atoms with Gasteiger partial charge in [-0.3, -0.25) is 0 Å². The molecule has 0 aliphatic heterocycles. The van der Waals surface area contributed by atoms with Crippen molar-refractivity contribution in [1.82, 2.24) is 10.3 Å². The van der Waals surface area contributed by atoms with Crippen LogP contribution in [0.2, 0.25) is 0 Å². The van der Waals surface area contributed by atoms with Crippen molar-refractivity contribution in [3.05, 3.63) is 16.1 Å². The van der Waals surface area contributed by atoms with Crippen LogP contribution in [0.15, 0.2) is 5.38 Å². The minimum atomic E-state index is 0.216. The monoisotopic (exact) mass is 282 g/mol. The Bertz CT molecular complexity index is 374. The van der Waals surface area contributed by atoms with Crippen LogP contribution in [-0.2, 0) is 4.74 Å². The molecule has 0 radical (unpaired) electrons. The van der Waals surface area contributed by atoms with Gasteiger partial charge in [0.05, 0.1) is 5.69 Å². The van der Waals surface area contributed by atoms with E-state index in [4.69, 9.17) is 9.72 Å². The van der Waals surface area contributed by atoms with E-state index in [1.54, 1.807) is 11.3 Å². The van der Waals surface area contributed by atoms with E-state index in [0.29, 0.717) is 12.0 Å². The van der Waals surface area contributed by atoms with E-state index in [-0.39, 0.29) is 6.10 Å². The number of hydrogen-bond acceptors (Lipinski definition) is 4. The molecule has 1 aliphatic carbocycles. The van der Waals surface area contributed by atoms with Crippen LogP contribution in [0.5, 0.6) is 0 Å². The first-order valence-corrected chi connectivity index (χ1v) is 8.38. The minimum Gasteiger partial charge on any atom is -0.371 e. The molecule has 1 aliphatic rings. The van der Waals surface area contributed by atoms with Crippen LogP contribution in [0.1, 0.15) is 68.8 Å². The quantitative estimate of drug-likeness (QED) is 0.853. The number of thiazole rings is 1. The highest BCUT2D eigenvalue weighted by atomic mass is 32.1. The zero-order valence-electron chi connectivity index (χ0n) is 12.3. The van der Waals surface area contributed by atoms with Crippen molar-refractivity contribution in [2.75, 3.05) is 13.7 Å². The van der Waals surface area contributed by atoms with Gasteiger partial charge in [0.25, 0.3) is 0 Å². The molecule has 1 aromatic heterocycles. The van der Waals surface area contributed by atoms with Gasteiger partial charge in [-0.2, -0.15) is 0 Å². The molecule has 0 spiro atoms. The zero-order chi connectivity index (χ0) is 13.7. The molecule has 3 nitrogen and oxygen atoms in total. The predicted octanol–water partition coefficient (Wildman–Crippen LogP) is 4.08. The van der Waals surface area contributed by atoms with Crippen LogP contribution in [0.25, 0.3) is 0 Å². The van der Waals surface area contributed by atoms with Crippen LogP contribution in [-0.4, -0.2) is 18.6 Å². The van der Waals surface area contributed by atoms with E-state index in [9.17, 15) is 0 Å². The van der Waals surface area contributed by atoms with E-state index < -0.39 is 0 Å². The lowest BCUT2D eigenvalue weighted by Crippen LogP contribution is -2.19. The normalized spacial score (nSPS) is 20.4. The molecular weight excluding hydrogens is 256 g/mol. The van der Waals surface area contributed by atoms with Crippen molar-refractivity contribution in [2.24, 2.45) is 5.92 Å². The lowest BCUT2D eigenvalue weighted by atomic mass is 9.85. The summed E-state index contributed by atoms with van der Waals surface area (Å²) < 4.78 is 6.02. The zero-order valence-corrected chi connectivity index (χ0v) is 13.1. The average Bonchev–Trinajstić information content (AvgIpc) is 2.94. The van der Waals surface area contributed by atoms with Crippen molar-refractivity contribution in [1.29, 1.82) is 0 Å². The number of hydrogen-bond donors (Lipinski definition) is 1. The fourth-order valence-corrected chi connectivity index (χ4v) is 3.85. The lowest BCUT2D eigenvalue weighted by molar-refractivity contribution is 0.00539. The Morgan fingerprint density at radius 2 is 2.16 bits per heavy atom. The summed E-state index contributed by atoms with van der Waals surface area (Å²) >= 11 is 1.76. The maximum atomic E-state index is 6.02. The van der Waals surface area contributed by atoms with Crippen LogP contribution in [0.3, 0.4) is 0 Å². The molecule has 2 rings (SSSR count). The van der Waals surface area contributed by atoms with Crippen LogP contribution in [0.4, 0.5) is 0 Å². The predicted molar refractivity (Wildman–Crippen MR) is 80.5 cm³/mol. The number of nitrogens with one attached hydrogen (secondary N) is 1. The Labute approximate surface area is 120 Å². The molecule has 0 bridgehead atoms. The highest BCUT2D eigenvalue weighted by Crippen LogP contribution is 2.38. The Balaban J connectivity index is 2.11. The maximum absolute atomic E-state index is 6.02. The van der Waals surface area contributed by atoms with Gasteiger partial charge < -0.3 is 10.1 Å². The van der Waals surface area contributed by atoms with Gasteiger partial charge in [0.1, 0.15) is 11.1 Å².